The molecule has 1 atom stereocenters. The van der Waals surface area contributed by atoms with Crippen molar-refractivity contribution in [3.63, 3.8) is 0 Å². The highest BCUT2D eigenvalue weighted by atomic mass is 19.1. The molecule has 1 aliphatic rings. The fourth-order valence-electron chi connectivity index (χ4n) is 2.08. The Morgan fingerprint density at radius 2 is 2.05 bits per heavy atom. The molecule has 3 N–H and O–H groups in total. The first-order valence-corrected chi connectivity index (χ1v) is 6.66. The Labute approximate surface area is 120 Å². The number of carboxylic acids is 1. The molecule has 0 saturated heterocycles. The smallest absolute Gasteiger partial charge is 0.315 e. The number of carbonyl (C=O) groups excluding carboxylic acids is 1. The Morgan fingerprint density at radius 1 is 1.33 bits per heavy atom. The minimum absolute atomic E-state index is 0.0948. The lowest BCUT2D eigenvalue weighted by Crippen LogP contribution is -2.43. The molecular formula is C14H16F2N2O3. The zero-order valence-electron chi connectivity index (χ0n) is 11.2. The van der Waals surface area contributed by atoms with Gasteiger partial charge < -0.3 is 15.7 Å². The second kappa shape index (κ2) is 6.51. The van der Waals surface area contributed by atoms with Gasteiger partial charge >= 0.3 is 12.0 Å². The van der Waals surface area contributed by atoms with Crippen molar-refractivity contribution in [3.05, 3.63) is 35.4 Å². The fraction of sp³-hybridized carbons (Fsp3) is 0.429. The summed E-state index contributed by atoms with van der Waals surface area (Å²) in [5.41, 5.74) is 0.160. The molecule has 7 heteroatoms. The molecule has 1 aromatic carbocycles. The van der Waals surface area contributed by atoms with Crippen molar-refractivity contribution in [2.75, 3.05) is 0 Å². The summed E-state index contributed by atoms with van der Waals surface area (Å²) in [4.78, 5) is 22.4. The molecule has 1 saturated carbocycles. The van der Waals surface area contributed by atoms with Gasteiger partial charge in [0.1, 0.15) is 11.6 Å². The molecule has 0 aromatic heterocycles. The van der Waals surface area contributed by atoms with E-state index in [9.17, 15) is 18.4 Å². The summed E-state index contributed by atoms with van der Waals surface area (Å²) in [7, 11) is 0. The molecule has 0 spiro atoms. The number of halogens is 2. The van der Waals surface area contributed by atoms with Crippen LogP contribution < -0.4 is 10.6 Å². The van der Waals surface area contributed by atoms with E-state index in [1.807, 2.05) is 0 Å². The lowest BCUT2D eigenvalue weighted by Gasteiger charge is -2.16. The average molecular weight is 298 g/mol. The van der Waals surface area contributed by atoms with E-state index in [1.54, 1.807) is 0 Å². The fourth-order valence-corrected chi connectivity index (χ4v) is 2.08. The van der Waals surface area contributed by atoms with Crippen molar-refractivity contribution in [1.82, 2.24) is 10.6 Å². The number of rotatable bonds is 6. The van der Waals surface area contributed by atoms with E-state index in [4.69, 9.17) is 5.11 Å². The standard InChI is InChI=1S/C14H16F2N2O3/c15-10-4-3-9(11(16)5-10)7-17-14(21)18-12(6-13(19)20)8-1-2-8/h3-5,8,12H,1-2,6-7H2,(H,19,20)(H2,17,18,21). The predicted molar refractivity (Wildman–Crippen MR) is 70.5 cm³/mol. The van der Waals surface area contributed by atoms with E-state index in [0.29, 0.717) is 0 Å². The van der Waals surface area contributed by atoms with E-state index in [0.717, 1.165) is 25.0 Å². The second-order valence-electron chi connectivity index (χ2n) is 5.10. The third kappa shape index (κ3) is 4.70. The molecule has 0 heterocycles. The van der Waals surface area contributed by atoms with Crippen LogP contribution in [0.25, 0.3) is 0 Å². The number of carbonyl (C=O) groups is 2. The van der Waals surface area contributed by atoms with E-state index < -0.39 is 29.7 Å². The van der Waals surface area contributed by atoms with Crippen molar-refractivity contribution < 1.29 is 23.5 Å². The maximum atomic E-state index is 13.4. The zero-order valence-corrected chi connectivity index (χ0v) is 11.2. The molecule has 0 bridgehead atoms. The third-order valence-corrected chi connectivity index (χ3v) is 3.36. The maximum absolute atomic E-state index is 13.4. The molecule has 1 aromatic rings. The van der Waals surface area contributed by atoms with Crippen LogP contribution in [0.2, 0.25) is 0 Å². The van der Waals surface area contributed by atoms with Crippen LogP contribution in [0.1, 0.15) is 24.8 Å². The highest BCUT2D eigenvalue weighted by Crippen LogP contribution is 2.33. The number of hydrogen-bond donors (Lipinski definition) is 3. The van der Waals surface area contributed by atoms with Crippen LogP contribution in [-0.2, 0) is 11.3 Å². The summed E-state index contributed by atoms with van der Waals surface area (Å²) in [5.74, 6) is -2.21. The SMILES string of the molecule is O=C(O)CC(NC(=O)NCc1ccc(F)cc1F)C1CC1. The van der Waals surface area contributed by atoms with Crippen LogP contribution in [-0.4, -0.2) is 23.1 Å². The van der Waals surface area contributed by atoms with Gasteiger partial charge in [-0.05, 0) is 24.8 Å². The van der Waals surface area contributed by atoms with Crippen molar-refractivity contribution in [3.8, 4) is 0 Å². The number of nitrogens with one attached hydrogen (secondary N) is 2. The Balaban J connectivity index is 1.84. The highest BCUT2D eigenvalue weighted by Gasteiger charge is 2.33. The summed E-state index contributed by atoms with van der Waals surface area (Å²) < 4.78 is 26.1. The molecule has 21 heavy (non-hydrogen) atoms. The van der Waals surface area contributed by atoms with Gasteiger partial charge in [0.2, 0.25) is 0 Å². The highest BCUT2D eigenvalue weighted by molar-refractivity contribution is 5.75. The molecular weight excluding hydrogens is 282 g/mol. The maximum Gasteiger partial charge on any atom is 0.315 e. The lowest BCUT2D eigenvalue weighted by atomic mass is 10.1. The van der Waals surface area contributed by atoms with Crippen LogP contribution in [0, 0.1) is 17.6 Å². The second-order valence-corrected chi connectivity index (χ2v) is 5.10. The van der Waals surface area contributed by atoms with Gasteiger partial charge in [-0.15, -0.1) is 0 Å². The molecule has 114 valence electrons. The molecule has 0 radical (unpaired) electrons. The first-order chi connectivity index (χ1) is 9.95. The zero-order chi connectivity index (χ0) is 15.4. The summed E-state index contributed by atoms with van der Waals surface area (Å²) in [6.45, 7) is -0.0948. The largest absolute Gasteiger partial charge is 0.481 e. The molecule has 5 nitrogen and oxygen atoms in total. The van der Waals surface area contributed by atoms with Crippen LogP contribution in [0.4, 0.5) is 13.6 Å². The van der Waals surface area contributed by atoms with Crippen molar-refractivity contribution in [1.29, 1.82) is 0 Å². The molecule has 0 aliphatic heterocycles. The molecule has 1 fully saturated rings. The topological polar surface area (TPSA) is 78.4 Å². The van der Waals surface area contributed by atoms with Gasteiger partial charge in [-0.1, -0.05) is 6.07 Å². The van der Waals surface area contributed by atoms with Gasteiger partial charge in [-0.25, -0.2) is 13.6 Å². The lowest BCUT2D eigenvalue weighted by molar-refractivity contribution is -0.137. The Bertz CT molecular complexity index is 547. The van der Waals surface area contributed by atoms with Crippen LogP contribution >= 0.6 is 0 Å². The van der Waals surface area contributed by atoms with E-state index in [2.05, 4.69) is 10.6 Å². The summed E-state index contributed by atoms with van der Waals surface area (Å²) in [6, 6.07) is 2.12. The summed E-state index contributed by atoms with van der Waals surface area (Å²) in [5, 5.41) is 13.8. The van der Waals surface area contributed by atoms with Gasteiger partial charge in [-0.2, -0.15) is 0 Å². The quantitative estimate of drug-likeness (QED) is 0.752. The normalized spacial score (nSPS) is 15.3. The first kappa shape index (κ1) is 15.2. The van der Waals surface area contributed by atoms with Gasteiger partial charge in [0.05, 0.1) is 6.42 Å². The van der Waals surface area contributed by atoms with Crippen molar-refractivity contribution >= 4 is 12.0 Å². The monoisotopic (exact) mass is 298 g/mol. The van der Waals surface area contributed by atoms with E-state index in [1.165, 1.54) is 6.07 Å². The van der Waals surface area contributed by atoms with Crippen LogP contribution in [0.5, 0.6) is 0 Å². The van der Waals surface area contributed by atoms with Crippen LogP contribution in [0.3, 0.4) is 0 Å². The minimum atomic E-state index is -0.975. The summed E-state index contributed by atoms with van der Waals surface area (Å²) in [6.07, 6.45) is 1.65. The van der Waals surface area contributed by atoms with Gasteiger partial charge in [0.25, 0.3) is 0 Å². The number of carboxylic acid groups (broad SMARTS) is 1. The minimum Gasteiger partial charge on any atom is -0.481 e. The Hall–Kier alpha value is -2.18. The Kier molecular flexibility index (Phi) is 4.72. The van der Waals surface area contributed by atoms with Crippen molar-refractivity contribution in [2.24, 2.45) is 5.92 Å². The van der Waals surface area contributed by atoms with Crippen LogP contribution in [0.15, 0.2) is 18.2 Å². The number of aliphatic carboxylic acids is 1. The summed E-state index contributed by atoms with van der Waals surface area (Å²) >= 11 is 0. The average Bonchev–Trinajstić information content (AvgIpc) is 3.20. The number of urea groups is 1. The van der Waals surface area contributed by atoms with Gasteiger partial charge in [0.15, 0.2) is 0 Å². The van der Waals surface area contributed by atoms with Crippen molar-refractivity contribution in [2.45, 2.75) is 31.8 Å². The van der Waals surface area contributed by atoms with Gasteiger partial charge in [0, 0.05) is 24.2 Å². The number of amides is 2. The molecule has 2 amide bonds. The van der Waals surface area contributed by atoms with E-state index >= 15 is 0 Å². The van der Waals surface area contributed by atoms with Gasteiger partial charge in [-0.3, -0.25) is 4.79 Å². The number of hydrogen-bond acceptors (Lipinski definition) is 2. The molecule has 2 rings (SSSR count). The Morgan fingerprint density at radius 3 is 2.62 bits per heavy atom. The number of benzene rings is 1. The predicted octanol–water partition coefficient (Wildman–Crippen LogP) is 2.02. The third-order valence-electron chi connectivity index (χ3n) is 3.36. The first-order valence-electron chi connectivity index (χ1n) is 6.66. The molecule has 1 unspecified atom stereocenters. The molecule has 1 aliphatic carbocycles. The van der Waals surface area contributed by atoms with E-state index in [-0.39, 0.29) is 24.4 Å².